The molecule has 0 aliphatic rings. The lowest BCUT2D eigenvalue weighted by Crippen LogP contribution is -2.31. The fourth-order valence-corrected chi connectivity index (χ4v) is 2.69. The third-order valence-electron chi connectivity index (χ3n) is 3.22. The number of hydrogen-bond donors (Lipinski definition) is 2. The molecular weight excluding hydrogens is 314 g/mol. The smallest absolute Gasteiger partial charge is 0.304 e. The Bertz CT molecular complexity index is 682. The predicted molar refractivity (Wildman–Crippen MR) is 90.7 cm³/mol. The number of hydrogen-bond acceptors (Lipinski definition) is 5. The van der Waals surface area contributed by atoms with E-state index >= 15 is 0 Å². The van der Waals surface area contributed by atoms with E-state index in [1.807, 2.05) is 36.6 Å². The van der Waals surface area contributed by atoms with Gasteiger partial charge < -0.3 is 10.4 Å². The first-order valence-electron chi connectivity index (χ1n) is 7.17. The lowest BCUT2D eigenvalue weighted by Gasteiger charge is -2.14. The van der Waals surface area contributed by atoms with Gasteiger partial charge in [0.2, 0.25) is 5.91 Å². The number of likely N-dealkylation sites (N-methyl/N-ethyl adjacent to an activating group) is 1. The van der Waals surface area contributed by atoms with Gasteiger partial charge in [0.1, 0.15) is 0 Å². The zero-order valence-electron chi connectivity index (χ0n) is 13.1. The summed E-state index contributed by atoms with van der Waals surface area (Å²) >= 11 is 1.37. The number of aliphatic carboxylic acids is 1. The monoisotopic (exact) mass is 333 g/mol. The zero-order valence-corrected chi connectivity index (χ0v) is 13.9. The van der Waals surface area contributed by atoms with E-state index < -0.39 is 5.97 Å². The lowest BCUT2D eigenvalue weighted by atomic mass is 10.1. The molecule has 0 saturated carbocycles. The van der Waals surface area contributed by atoms with E-state index in [1.165, 1.54) is 16.9 Å². The molecule has 1 amide bonds. The summed E-state index contributed by atoms with van der Waals surface area (Å²) in [5, 5.41) is 13.8. The third kappa shape index (κ3) is 5.46. The van der Waals surface area contributed by atoms with Crippen molar-refractivity contribution in [1.82, 2.24) is 9.88 Å². The summed E-state index contributed by atoms with van der Waals surface area (Å²) in [6.07, 6.45) is 0.0125. The van der Waals surface area contributed by atoms with Crippen molar-refractivity contribution >= 4 is 28.3 Å². The Morgan fingerprint density at radius 3 is 2.65 bits per heavy atom. The molecule has 0 atom stereocenters. The zero-order chi connectivity index (χ0) is 16.8. The van der Waals surface area contributed by atoms with E-state index in [1.54, 1.807) is 11.9 Å². The van der Waals surface area contributed by atoms with Crippen molar-refractivity contribution in [2.45, 2.75) is 13.3 Å². The second kappa shape index (κ2) is 7.85. The van der Waals surface area contributed by atoms with Gasteiger partial charge in [-0.3, -0.25) is 14.5 Å². The molecule has 0 aliphatic heterocycles. The molecule has 122 valence electrons. The minimum absolute atomic E-state index is 0.0125. The van der Waals surface area contributed by atoms with Gasteiger partial charge in [0, 0.05) is 17.5 Å². The molecule has 0 radical (unpaired) electrons. The molecule has 1 aromatic heterocycles. The number of amides is 1. The molecule has 6 nitrogen and oxygen atoms in total. The lowest BCUT2D eigenvalue weighted by molar-refractivity contribution is -0.137. The standard InChI is InChI=1S/C16H19N3O3S/c1-11-3-5-12(6-4-11)13-10-23-16(17-13)18-14(20)9-19(2)8-7-15(21)22/h3-6,10H,7-9H2,1-2H3,(H,21,22)(H,17,18,20). The van der Waals surface area contributed by atoms with Crippen LogP contribution in [-0.2, 0) is 9.59 Å². The summed E-state index contributed by atoms with van der Waals surface area (Å²) in [6.45, 7) is 2.49. The number of rotatable bonds is 7. The summed E-state index contributed by atoms with van der Waals surface area (Å²) in [5.74, 6) is -1.08. The number of thiazole rings is 1. The van der Waals surface area contributed by atoms with Crippen LogP contribution < -0.4 is 5.32 Å². The van der Waals surface area contributed by atoms with Crippen LogP contribution in [0.4, 0.5) is 5.13 Å². The predicted octanol–water partition coefficient (Wildman–Crippen LogP) is 2.46. The fraction of sp³-hybridized carbons (Fsp3) is 0.312. The van der Waals surface area contributed by atoms with Crippen molar-refractivity contribution in [3.8, 4) is 11.3 Å². The van der Waals surface area contributed by atoms with E-state index in [-0.39, 0.29) is 18.9 Å². The molecule has 1 heterocycles. The average Bonchev–Trinajstić information content (AvgIpc) is 2.94. The van der Waals surface area contributed by atoms with Crippen molar-refractivity contribution in [2.24, 2.45) is 0 Å². The molecule has 0 saturated heterocycles. The number of anilines is 1. The van der Waals surface area contributed by atoms with Gasteiger partial charge in [0.15, 0.2) is 5.13 Å². The first-order chi connectivity index (χ1) is 10.9. The van der Waals surface area contributed by atoms with E-state index in [0.29, 0.717) is 11.7 Å². The molecule has 0 spiro atoms. The number of carboxylic acid groups (broad SMARTS) is 1. The highest BCUT2D eigenvalue weighted by Crippen LogP contribution is 2.25. The van der Waals surface area contributed by atoms with Crippen LogP contribution >= 0.6 is 11.3 Å². The average molecular weight is 333 g/mol. The number of carbonyl (C=O) groups is 2. The highest BCUT2D eigenvalue weighted by Gasteiger charge is 2.11. The van der Waals surface area contributed by atoms with Crippen LogP contribution in [0, 0.1) is 6.92 Å². The Morgan fingerprint density at radius 2 is 2.00 bits per heavy atom. The summed E-state index contributed by atoms with van der Waals surface area (Å²) in [5.41, 5.74) is 3.01. The van der Waals surface area contributed by atoms with Crippen LogP contribution in [0.1, 0.15) is 12.0 Å². The molecule has 23 heavy (non-hydrogen) atoms. The summed E-state index contributed by atoms with van der Waals surface area (Å²) in [6, 6.07) is 8.03. The second-order valence-electron chi connectivity index (χ2n) is 5.33. The highest BCUT2D eigenvalue weighted by molar-refractivity contribution is 7.14. The third-order valence-corrected chi connectivity index (χ3v) is 3.98. The van der Waals surface area contributed by atoms with Gasteiger partial charge in [-0.1, -0.05) is 29.8 Å². The number of aromatic nitrogens is 1. The molecule has 0 fully saturated rings. The maximum atomic E-state index is 11.9. The van der Waals surface area contributed by atoms with Gasteiger partial charge >= 0.3 is 5.97 Å². The normalized spacial score (nSPS) is 10.7. The van der Waals surface area contributed by atoms with Gasteiger partial charge in [-0.2, -0.15) is 0 Å². The van der Waals surface area contributed by atoms with Crippen molar-refractivity contribution < 1.29 is 14.7 Å². The summed E-state index contributed by atoms with van der Waals surface area (Å²) in [7, 11) is 1.71. The van der Waals surface area contributed by atoms with E-state index in [0.717, 1.165) is 11.3 Å². The second-order valence-corrected chi connectivity index (χ2v) is 6.19. The number of benzene rings is 1. The number of aryl methyl sites for hydroxylation is 1. The Morgan fingerprint density at radius 1 is 1.30 bits per heavy atom. The topological polar surface area (TPSA) is 82.5 Å². The van der Waals surface area contributed by atoms with Crippen LogP contribution in [0.2, 0.25) is 0 Å². The van der Waals surface area contributed by atoms with Gasteiger partial charge in [-0.15, -0.1) is 11.3 Å². The van der Waals surface area contributed by atoms with Crippen LogP contribution in [0.15, 0.2) is 29.6 Å². The Kier molecular flexibility index (Phi) is 5.84. The molecule has 2 rings (SSSR count). The molecule has 2 aromatic rings. The van der Waals surface area contributed by atoms with Crippen molar-refractivity contribution in [2.75, 3.05) is 25.5 Å². The number of carboxylic acids is 1. The van der Waals surface area contributed by atoms with Crippen LogP contribution in [0.25, 0.3) is 11.3 Å². The minimum Gasteiger partial charge on any atom is -0.481 e. The molecule has 2 N–H and O–H groups in total. The van der Waals surface area contributed by atoms with Crippen LogP contribution in [0.5, 0.6) is 0 Å². The minimum atomic E-state index is -0.875. The summed E-state index contributed by atoms with van der Waals surface area (Å²) < 4.78 is 0. The molecular formula is C16H19N3O3S. The van der Waals surface area contributed by atoms with E-state index in [4.69, 9.17) is 5.11 Å². The van der Waals surface area contributed by atoms with Gasteiger partial charge in [-0.05, 0) is 14.0 Å². The first kappa shape index (κ1) is 17.1. The molecule has 1 aromatic carbocycles. The van der Waals surface area contributed by atoms with Gasteiger partial charge in [-0.25, -0.2) is 4.98 Å². The van der Waals surface area contributed by atoms with Gasteiger partial charge in [0.05, 0.1) is 18.7 Å². The van der Waals surface area contributed by atoms with E-state index in [2.05, 4.69) is 10.3 Å². The van der Waals surface area contributed by atoms with Crippen molar-refractivity contribution in [1.29, 1.82) is 0 Å². The quantitative estimate of drug-likeness (QED) is 0.813. The fourth-order valence-electron chi connectivity index (χ4n) is 1.96. The van der Waals surface area contributed by atoms with E-state index in [9.17, 15) is 9.59 Å². The Labute approximate surface area is 138 Å². The number of carbonyl (C=O) groups excluding carboxylic acids is 1. The molecule has 0 bridgehead atoms. The van der Waals surface area contributed by atoms with Gasteiger partial charge in [0.25, 0.3) is 0 Å². The Balaban J connectivity index is 1.89. The van der Waals surface area contributed by atoms with Crippen molar-refractivity contribution in [3.05, 3.63) is 35.2 Å². The van der Waals surface area contributed by atoms with Crippen molar-refractivity contribution in [3.63, 3.8) is 0 Å². The summed E-state index contributed by atoms with van der Waals surface area (Å²) in [4.78, 5) is 28.5. The highest BCUT2D eigenvalue weighted by atomic mass is 32.1. The van der Waals surface area contributed by atoms with Crippen LogP contribution in [0.3, 0.4) is 0 Å². The Hall–Kier alpha value is -2.25. The molecule has 0 aliphatic carbocycles. The molecule has 0 unspecified atom stereocenters. The SMILES string of the molecule is Cc1ccc(-c2csc(NC(=O)CN(C)CCC(=O)O)n2)cc1. The number of nitrogens with zero attached hydrogens (tertiary/aromatic N) is 2. The maximum absolute atomic E-state index is 11.9. The first-order valence-corrected chi connectivity index (χ1v) is 8.05. The largest absolute Gasteiger partial charge is 0.481 e. The van der Waals surface area contributed by atoms with Crippen LogP contribution in [-0.4, -0.2) is 47.0 Å². The number of nitrogens with one attached hydrogen (secondary N) is 1. The molecule has 7 heteroatoms. The maximum Gasteiger partial charge on any atom is 0.304 e.